The molecule has 1 atom stereocenters. The molecular formula is C16H31N5O. The average Bonchev–Trinajstić information content (AvgIpc) is 3.16. The molecule has 2 N–H and O–H groups in total. The van der Waals surface area contributed by atoms with Crippen LogP contribution in [-0.2, 0) is 4.79 Å². The number of guanidine groups is 1. The van der Waals surface area contributed by atoms with Crippen LogP contribution < -0.4 is 10.6 Å². The van der Waals surface area contributed by atoms with Crippen molar-refractivity contribution in [2.24, 2.45) is 4.99 Å². The molecule has 1 aliphatic carbocycles. The molecule has 0 bridgehead atoms. The molecule has 126 valence electrons. The van der Waals surface area contributed by atoms with Crippen LogP contribution >= 0.6 is 0 Å². The second-order valence-corrected chi connectivity index (χ2v) is 6.60. The van der Waals surface area contributed by atoms with Crippen molar-refractivity contribution < 1.29 is 4.79 Å². The first-order valence-corrected chi connectivity index (χ1v) is 8.51. The zero-order valence-electron chi connectivity index (χ0n) is 14.3. The maximum atomic E-state index is 11.6. The number of carbonyl (C=O) groups excluding carboxylic acids is 1. The highest BCUT2D eigenvalue weighted by atomic mass is 16.2. The Hall–Kier alpha value is -1.30. The number of aliphatic imine (C=N–C) groups is 1. The first kappa shape index (κ1) is 17.1. The van der Waals surface area contributed by atoms with Gasteiger partial charge in [-0.3, -0.25) is 14.7 Å². The van der Waals surface area contributed by atoms with Gasteiger partial charge in [0.15, 0.2) is 5.96 Å². The summed E-state index contributed by atoms with van der Waals surface area (Å²) in [6, 6.07) is 1.27. The third kappa shape index (κ3) is 4.87. The normalized spacial score (nSPS) is 23.8. The molecule has 2 fully saturated rings. The SMILES string of the molecule is CN=C(NCCC(=O)N(C)C)NC1CCN(C2CCCC2)C1. The fourth-order valence-corrected chi connectivity index (χ4v) is 3.41. The largest absolute Gasteiger partial charge is 0.356 e. The van der Waals surface area contributed by atoms with E-state index >= 15 is 0 Å². The number of amides is 1. The third-order valence-corrected chi connectivity index (χ3v) is 4.76. The first-order chi connectivity index (χ1) is 10.6. The Labute approximate surface area is 134 Å². The zero-order chi connectivity index (χ0) is 15.9. The summed E-state index contributed by atoms with van der Waals surface area (Å²) in [5, 5.41) is 6.73. The average molecular weight is 309 g/mol. The van der Waals surface area contributed by atoms with Gasteiger partial charge in [-0.2, -0.15) is 0 Å². The van der Waals surface area contributed by atoms with Crippen molar-refractivity contribution in [1.82, 2.24) is 20.4 Å². The van der Waals surface area contributed by atoms with Gasteiger partial charge < -0.3 is 15.5 Å². The van der Waals surface area contributed by atoms with Crippen molar-refractivity contribution >= 4 is 11.9 Å². The van der Waals surface area contributed by atoms with Crippen molar-refractivity contribution in [2.45, 2.75) is 50.6 Å². The molecule has 22 heavy (non-hydrogen) atoms. The molecule has 0 aromatic heterocycles. The number of nitrogens with one attached hydrogen (secondary N) is 2. The predicted octanol–water partition coefficient (Wildman–Crippen LogP) is 0.647. The van der Waals surface area contributed by atoms with Gasteiger partial charge in [0.1, 0.15) is 0 Å². The summed E-state index contributed by atoms with van der Waals surface area (Å²) in [4.78, 5) is 20.1. The number of hydrogen-bond acceptors (Lipinski definition) is 3. The van der Waals surface area contributed by atoms with E-state index in [2.05, 4.69) is 20.5 Å². The summed E-state index contributed by atoms with van der Waals surface area (Å²) >= 11 is 0. The maximum absolute atomic E-state index is 11.6. The fourth-order valence-electron chi connectivity index (χ4n) is 3.41. The van der Waals surface area contributed by atoms with Crippen LogP contribution in [0.25, 0.3) is 0 Å². The standard InChI is InChI=1S/C16H31N5O/c1-17-16(18-10-8-15(22)20(2)3)19-13-9-11-21(12-13)14-6-4-5-7-14/h13-14H,4-12H2,1-3H3,(H2,17,18,19). The summed E-state index contributed by atoms with van der Waals surface area (Å²) in [6.45, 7) is 2.93. The van der Waals surface area contributed by atoms with E-state index < -0.39 is 0 Å². The lowest BCUT2D eigenvalue weighted by molar-refractivity contribution is -0.128. The number of likely N-dealkylation sites (tertiary alicyclic amines) is 1. The zero-order valence-corrected chi connectivity index (χ0v) is 14.3. The van der Waals surface area contributed by atoms with Gasteiger partial charge >= 0.3 is 0 Å². The van der Waals surface area contributed by atoms with Gasteiger partial charge in [-0.05, 0) is 19.3 Å². The van der Waals surface area contributed by atoms with Crippen LogP contribution in [0.1, 0.15) is 38.5 Å². The summed E-state index contributed by atoms with van der Waals surface area (Å²) in [7, 11) is 5.35. The molecule has 0 radical (unpaired) electrons. The predicted molar refractivity (Wildman–Crippen MR) is 90.0 cm³/mol. The Kier molecular flexibility index (Phi) is 6.49. The fraction of sp³-hybridized carbons (Fsp3) is 0.875. The summed E-state index contributed by atoms with van der Waals surface area (Å²) in [5.74, 6) is 0.945. The molecule has 6 nitrogen and oxygen atoms in total. The molecule has 1 heterocycles. The first-order valence-electron chi connectivity index (χ1n) is 8.51. The summed E-state index contributed by atoms with van der Waals surface area (Å²) in [5.41, 5.74) is 0. The molecular weight excluding hydrogens is 278 g/mol. The molecule has 1 aliphatic heterocycles. The lowest BCUT2D eigenvalue weighted by atomic mass is 10.2. The number of hydrogen-bond donors (Lipinski definition) is 2. The van der Waals surface area contributed by atoms with Crippen LogP contribution in [-0.4, -0.2) is 74.5 Å². The smallest absolute Gasteiger partial charge is 0.223 e. The van der Waals surface area contributed by atoms with Crippen molar-refractivity contribution in [3.05, 3.63) is 0 Å². The van der Waals surface area contributed by atoms with Crippen LogP contribution in [0.5, 0.6) is 0 Å². The molecule has 2 aliphatic rings. The molecule has 1 saturated carbocycles. The second kappa shape index (κ2) is 8.36. The van der Waals surface area contributed by atoms with E-state index in [0.717, 1.165) is 18.5 Å². The van der Waals surface area contributed by atoms with Crippen molar-refractivity contribution in [3.63, 3.8) is 0 Å². The van der Waals surface area contributed by atoms with Crippen molar-refractivity contribution in [3.8, 4) is 0 Å². The molecule has 0 aromatic rings. The number of carbonyl (C=O) groups is 1. The van der Waals surface area contributed by atoms with Gasteiger partial charge in [-0.25, -0.2) is 0 Å². The van der Waals surface area contributed by atoms with Crippen LogP contribution in [0, 0.1) is 0 Å². The van der Waals surface area contributed by atoms with Crippen LogP contribution in [0.15, 0.2) is 4.99 Å². The third-order valence-electron chi connectivity index (χ3n) is 4.76. The van der Waals surface area contributed by atoms with Gasteiger partial charge in [0.2, 0.25) is 5.91 Å². The molecule has 1 unspecified atom stereocenters. The van der Waals surface area contributed by atoms with Crippen LogP contribution in [0.3, 0.4) is 0 Å². The van der Waals surface area contributed by atoms with Gasteiger partial charge in [0.25, 0.3) is 0 Å². The van der Waals surface area contributed by atoms with E-state index in [1.54, 1.807) is 26.0 Å². The van der Waals surface area contributed by atoms with Crippen molar-refractivity contribution in [2.75, 3.05) is 40.8 Å². The van der Waals surface area contributed by atoms with Crippen molar-refractivity contribution in [1.29, 1.82) is 0 Å². The topological polar surface area (TPSA) is 60.0 Å². The van der Waals surface area contributed by atoms with E-state index in [1.165, 1.54) is 38.6 Å². The van der Waals surface area contributed by atoms with Gasteiger partial charge in [-0.15, -0.1) is 0 Å². The highest BCUT2D eigenvalue weighted by molar-refractivity contribution is 5.81. The molecule has 1 saturated heterocycles. The van der Waals surface area contributed by atoms with Gasteiger partial charge in [-0.1, -0.05) is 12.8 Å². The Bertz CT molecular complexity index is 390. The van der Waals surface area contributed by atoms with E-state index in [9.17, 15) is 4.79 Å². The summed E-state index contributed by atoms with van der Waals surface area (Å²) in [6.07, 6.45) is 7.18. The van der Waals surface area contributed by atoms with Gasteiger partial charge in [0, 0.05) is 59.3 Å². The number of nitrogens with zero attached hydrogens (tertiary/aromatic N) is 3. The molecule has 1 amide bonds. The molecule has 0 spiro atoms. The van der Waals surface area contributed by atoms with Gasteiger partial charge in [0.05, 0.1) is 0 Å². The van der Waals surface area contributed by atoms with Crippen LogP contribution in [0.4, 0.5) is 0 Å². The minimum atomic E-state index is 0.135. The minimum Gasteiger partial charge on any atom is -0.356 e. The molecule has 2 rings (SSSR count). The Morgan fingerprint density at radius 3 is 2.64 bits per heavy atom. The summed E-state index contributed by atoms with van der Waals surface area (Å²) < 4.78 is 0. The second-order valence-electron chi connectivity index (χ2n) is 6.60. The lowest BCUT2D eigenvalue weighted by Gasteiger charge is -2.24. The quantitative estimate of drug-likeness (QED) is 0.578. The van der Waals surface area contributed by atoms with E-state index in [4.69, 9.17) is 0 Å². The van der Waals surface area contributed by atoms with Crippen LogP contribution in [0.2, 0.25) is 0 Å². The number of rotatable bonds is 5. The Morgan fingerprint density at radius 1 is 1.27 bits per heavy atom. The Morgan fingerprint density at radius 2 is 2.00 bits per heavy atom. The highest BCUT2D eigenvalue weighted by Gasteiger charge is 2.30. The molecule has 0 aromatic carbocycles. The highest BCUT2D eigenvalue weighted by Crippen LogP contribution is 2.26. The monoisotopic (exact) mass is 309 g/mol. The lowest BCUT2D eigenvalue weighted by Crippen LogP contribution is -2.46. The molecule has 6 heteroatoms. The Balaban J connectivity index is 1.69. The van der Waals surface area contributed by atoms with E-state index in [-0.39, 0.29) is 5.91 Å². The minimum absolute atomic E-state index is 0.135. The van der Waals surface area contributed by atoms with E-state index in [0.29, 0.717) is 19.0 Å². The maximum Gasteiger partial charge on any atom is 0.223 e. The van der Waals surface area contributed by atoms with E-state index in [1.807, 2.05) is 0 Å².